The third-order valence-corrected chi connectivity index (χ3v) is 15.0. The van der Waals surface area contributed by atoms with Crippen LogP contribution in [0.2, 0.25) is 58.9 Å². The van der Waals surface area contributed by atoms with Gasteiger partial charge >= 0.3 is 17.1 Å². The van der Waals surface area contributed by atoms with Gasteiger partial charge in [0.2, 0.25) is 0 Å². The SMILES string of the molecule is COC[Si](C)(O[Si](C)(C)C)O[Si](C)(C)O[Si](C)(C)C. The fourth-order valence-corrected chi connectivity index (χ4v) is 19.6. The minimum Gasteiger partial charge on any atom is -0.437 e. The Hall–Kier alpha value is 0.708. The maximum atomic E-state index is 6.40. The van der Waals surface area contributed by atoms with Gasteiger partial charge in [0.1, 0.15) is 0 Å². The van der Waals surface area contributed by atoms with E-state index in [4.69, 9.17) is 17.1 Å². The first-order chi connectivity index (χ1) is 8.18. The summed E-state index contributed by atoms with van der Waals surface area (Å²) in [6.07, 6.45) is 0.558. The summed E-state index contributed by atoms with van der Waals surface area (Å²) in [6.45, 7) is 19.5. The minimum atomic E-state index is -2.32. The molecule has 0 saturated heterocycles. The first kappa shape index (κ1) is 19.7. The molecule has 0 fully saturated rings. The number of hydrogen-bond acceptors (Lipinski definition) is 4. The molecule has 0 heterocycles. The van der Waals surface area contributed by atoms with E-state index in [1.165, 1.54) is 0 Å². The van der Waals surface area contributed by atoms with Crippen LogP contribution in [0, 0.1) is 0 Å². The Morgan fingerprint density at radius 2 is 1.05 bits per heavy atom. The van der Waals surface area contributed by atoms with E-state index >= 15 is 0 Å². The normalized spacial score (nSPS) is 17.4. The lowest BCUT2D eigenvalue weighted by atomic mass is 11.5. The van der Waals surface area contributed by atoms with Crippen LogP contribution >= 0.6 is 0 Å². The van der Waals surface area contributed by atoms with Gasteiger partial charge in [0.25, 0.3) is 0 Å². The van der Waals surface area contributed by atoms with Gasteiger partial charge in [-0.15, -0.1) is 0 Å². The highest BCUT2D eigenvalue weighted by atomic mass is 28.5. The van der Waals surface area contributed by atoms with Crippen LogP contribution in [0.15, 0.2) is 0 Å². The average Bonchev–Trinajstić information content (AvgIpc) is 1.90. The molecule has 0 aliphatic heterocycles. The molecule has 0 radical (unpaired) electrons. The Morgan fingerprint density at radius 1 is 0.632 bits per heavy atom. The van der Waals surface area contributed by atoms with Crippen molar-refractivity contribution in [1.82, 2.24) is 0 Å². The molecule has 4 nitrogen and oxygen atoms in total. The Bertz CT molecular complexity index is 285. The second-order valence-corrected chi connectivity index (χ2v) is 23.8. The van der Waals surface area contributed by atoms with Crippen molar-refractivity contribution in [3.63, 3.8) is 0 Å². The molecular formula is C11H32O4Si4. The average molecular weight is 341 g/mol. The predicted octanol–water partition coefficient (Wildman–Crippen LogP) is 3.67. The molecule has 0 aromatic heterocycles. The standard InChI is InChI=1S/C11H32O4Si4/c1-12-11-19(10,14-17(5,6)7)15-18(8,9)13-16(2,3)4/h11H2,1-10H3. The number of methoxy groups -OCH3 is 1. The maximum Gasteiger partial charge on any atom is 0.342 e. The van der Waals surface area contributed by atoms with E-state index in [1.54, 1.807) is 7.11 Å². The molecule has 0 aliphatic carbocycles. The van der Waals surface area contributed by atoms with Gasteiger partial charge in [-0.25, -0.2) is 0 Å². The van der Waals surface area contributed by atoms with E-state index in [0.29, 0.717) is 6.23 Å². The van der Waals surface area contributed by atoms with E-state index in [9.17, 15) is 0 Å². The van der Waals surface area contributed by atoms with Gasteiger partial charge in [-0.2, -0.15) is 0 Å². The Kier molecular flexibility index (Phi) is 6.89. The number of hydrogen-bond donors (Lipinski definition) is 0. The Morgan fingerprint density at radius 3 is 1.37 bits per heavy atom. The lowest BCUT2D eigenvalue weighted by molar-refractivity contribution is 0.200. The van der Waals surface area contributed by atoms with Crippen molar-refractivity contribution >= 4 is 33.8 Å². The number of rotatable bonds is 8. The zero-order chi connectivity index (χ0) is 15.5. The Balaban J connectivity index is 4.91. The lowest BCUT2D eigenvalue weighted by Gasteiger charge is -2.40. The predicted molar refractivity (Wildman–Crippen MR) is 90.9 cm³/mol. The van der Waals surface area contributed by atoms with Crippen LogP contribution in [-0.4, -0.2) is 47.1 Å². The van der Waals surface area contributed by atoms with E-state index < -0.39 is 33.8 Å². The van der Waals surface area contributed by atoms with Crippen LogP contribution in [0.5, 0.6) is 0 Å². The lowest BCUT2D eigenvalue weighted by Crippen LogP contribution is -2.59. The number of ether oxygens (including phenoxy) is 1. The van der Waals surface area contributed by atoms with Crippen molar-refractivity contribution in [1.29, 1.82) is 0 Å². The van der Waals surface area contributed by atoms with Crippen LogP contribution in [0.4, 0.5) is 0 Å². The first-order valence-corrected chi connectivity index (χ1v) is 18.9. The van der Waals surface area contributed by atoms with E-state index in [-0.39, 0.29) is 0 Å². The second kappa shape index (κ2) is 6.65. The summed E-state index contributed by atoms with van der Waals surface area (Å²) in [4.78, 5) is 0. The van der Waals surface area contributed by atoms with Crippen LogP contribution < -0.4 is 0 Å². The topological polar surface area (TPSA) is 36.9 Å². The monoisotopic (exact) mass is 340 g/mol. The van der Waals surface area contributed by atoms with Gasteiger partial charge < -0.3 is 17.1 Å². The van der Waals surface area contributed by atoms with Crippen molar-refractivity contribution in [3.05, 3.63) is 0 Å². The maximum absolute atomic E-state index is 6.40. The molecule has 8 heteroatoms. The molecule has 0 aromatic rings. The fraction of sp³-hybridized carbons (Fsp3) is 1.00. The van der Waals surface area contributed by atoms with Crippen LogP contribution in [-0.2, 0) is 17.1 Å². The van der Waals surface area contributed by atoms with Crippen molar-refractivity contribution in [2.75, 3.05) is 13.3 Å². The van der Waals surface area contributed by atoms with Crippen molar-refractivity contribution in [2.45, 2.75) is 58.9 Å². The molecule has 19 heavy (non-hydrogen) atoms. The summed E-state index contributed by atoms with van der Waals surface area (Å²) in [5.74, 6) is 0. The van der Waals surface area contributed by atoms with E-state index in [1.807, 2.05) is 0 Å². The fourth-order valence-electron chi connectivity index (χ4n) is 2.27. The van der Waals surface area contributed by atoms with Crippen molar-refractivity contribution < 1.29 is 17.1 Å². The second-order valence-electron chi connectivity index (χ2n) is 7.50. The van der Waals surface area contributed by atoms with Gasteiger partial charge in [0.05, 0.1) is 6.23 Å². The molecule has 0 bridgehead atoms. The van der Waals surface area contributed by atoms with Crippen molar-refractivity contribution in [3.8, 4) is 0 Å². The molecule has 0 rings (SSSR count). The highest BCUT2D eigenvalue weighted by Crippen LogP contribution is 2.24. The summed E-state index contributed by atoms with van der Waals surface area (Å²) < 4.78 is 24.3. The zero-order valence-electron chi connectivity index (χ0n) is 14.3. The molecule has 0 amide bonds. The minimum absolute atomic E-state index is 0.558. The van der Waals surface area contributed by atoms with Gasteiger partial charge in [0, 0.05) is 7.11 Å². The molecule has 116 valence electrons. The third kappa shape index (κ3) is 10.1. The molecule has 0 aromatic carbocycles. The van der Waals surface area contributed by atoms with Gasteiger partial charge in [0.15, 0.2) is 16.6 Å². The molecular weight excluding hydrogens is 308 g/mol. The first-order valence-electron chi connectivity index (χ1n) is 6.78. The van der Waals surface area contributed by atoms with Gasteiger partial charge in [-0.1, -0.05) is 0 Å². The third-order valence-electron chi connectivity index (χ3n) is 1.94. The molecule has 1 atom stereocenters. The van der Waals surface area contributed by atoms with Gasteiger partial charge in [-0.05, 0) is 58.9 Å². The van der Waals surface area contributed by atoms with E-state index in [0.717, 1.165) is 0 Å². The summed E-state index contributed by atoms with van der Waals surface area (Å²) in [7, 11) is -6.04. The summed E-state index contributed by atoms with van der Waals surface area (Å²) >= 11 is 0. The quantitative estimate of drug-likeness (QED) is 0.632. The smallest absolute Gasteiger partial charge is 0.342 e. The van der Waals surface area contributed by atoms with Crippen molar-refractivity contribution in [2.24, 2.45) is 0 Å². The summed E-state index contributed by atoms with van der Waals surface area (Å²) in [5, 5.41) is 0. The Labute approximate surface area is 123 Å². The molecule has 0 saturated carbocycles. The zero-order valence-corrected chi connectivity index (χ0v) is 18.3. The van der Waals surface area contributed by atoms with Crippen LogP contribution in [0.3, 0.4) is 0 Å². The largest absolute Gasteiger partial charge is 0.437 e. The molecule has 0 N–H and O–H groups in total. The molecule has 1 unspecified atom stereocenters. The summed E-state index contributed by atoms with van der Waals surface area (Å²) in [6, 6.07) is 0. The summed E-state index contributed by atoms with van der Waals surface area (Å²) in [5.41, 5.74) is 0. The molecule has 0 aliphatic rings. The van der Waals surface area contributed by atoms with E-state index in [2.05, 4.69) is 58.9 Å². The van der Waals surface area contributed by atoms with Gasteiger partial charge in [-0.3, -0.25) is 0 Å². The molecule has 0 spiro atoms. The van der Waals surface area contributed by atoms with Crippen LogP contribution in [0.1, 0.15) is 0 Å². The highest BCUT2D eigenvalue weighted by Gasteiger charge is 2.44. The van der Waals surface area contributed by atoms with Crippen LogP contribution in [0.25, 0.3) is 0 Å². The highest BCUT2D eigenvalue weighted by molar-refractivity contribution is 6.89.